The zero-order chi connectivity index (χ0) is 23.5. The van der Waals surface area contributed by atoms with Gasteiger partial charge in [-0.25, -0.2) is 9.97 Å². The van der Waals surface area contributed by atoms with Gasteiger partial charge in [-0.05, 0) is 57.5 Å². The Balaban J connectivity index is 1.36. The van der Waals surface area contributed by atoms with Gasteiger partial charge in [0.15, 0.2) is 17.3 Å². The molecule has 0 saturated carbocycles. The van der Waals surface area contributed by atoms with Crippen molar-refractivity contribution in [3.05, 3.63) is 54.4 Å². The molecule has 0 amide bonds. The van der Waals surface area contributed by atoms with E-state index in [1.54, 1.807) is 13.4 Å². The lowest BCUT2D eigenvalue weighted by atomic mass is 9.98. The lowest BCUT2D eigenvalue weighted by molar-refractivity contribution is 0.157. The van der Waals surface area contributed by atoms with E-state index in [1.165, 1.54) is 5.56 Å². The van der Waals surface area contributed by atoms with E-state index in [4.69, 9.17) is 9.47 Å². The molecule has 34 heavy (non-hydrogen) atoms. The van der Waals surface area contributed by atoms with Crippen molar-refractivity contribution in [2.24, 2.45) is 5.92 Å². The molecule has 0 radical (unpaired) electrons. The topological polar surface area (TPSA) is 88.2 Å². The molecule has 5 rings (SSSR count). The summed E-state index contributed by atoms with van der Waals surface area (Å²) >= 11 is 0. The van der Waals surface area contributed by atoms with Crippen molar-refractivity contribution < 1.29 is 9.47 Å². The number of hydrogen-bond acceptors (Lipinski definition) is 7. The van der Waals surface area contributed by atoms with E-state index < -0.39 is 0 Å². The van der Waals surface area contributed by atoms with E-state index in [9.17, 15) is 0 Å². The van der Waals surface area contributed by atoms with Crippen LogP contribution in [0.3, 0.4) is 0 Å². The Morgan fingerprint density at radius 2 is 1.85 bits per heavy atom. The normalized spacial score (nSPS) is 14.9. The number of aryl methyl sites for hydroxylation is 1. The number of aromatic nitrogens is 4. The standard InChI is InChI=1S/C26H30N6O2/c1-17-4-6-19(7-5-17)21-14-25(31-30-21)29-26-20-12-23(33-3)24(13-22(20)27-16-28-26)34-15-18-8-10-32(2)11-9-18/h4-7,12-14,16,18H,8-11,15H2,1-3H3,(H2,27,28,29,30,31). The van der Waals surface area contributed by atoms with Crippen LogP contribution in [0.4, 0.5) is 11.6 Å². The van der Waals surface area contributed by atoms with Crippen LogP contribution in [0.15, 0.2) is 48.8 Å². The van der Waals surface area contributed by atoms with Crippen molar-refractivity contribution in [1.82, 2.24) is 25.1 Å². The molecular formula is C26H30N6O2. The molecule has 0 spiro atoms. The van der Waals surface area contributed by atoms with Crippen LogP contribution in [-0.4, -0.2) is 58.9 Å². The summed E-state index contributed by atoms with van der Waals surface area (Å²) in [5.41, 5.74) is 4.01. The van der Waals surface area contributed by atoms with Crippen LogP contribution in [0.25, 0.3) is 22.2 Å². The summed E-state index contributed by atoms with van der Waals surface area (Å²) in [6, 6.07) is 14.1. The number of methoxy groups -OCH3 is 1. The van der Waals surface area contributed by atoms with Crippen LogP contribution in [0.5, 0.6) is 11.5 Å². The van der Waals surface area contributed by atoms with Gasteiger partial charge in [-0.3, -0.25) is 5.10 Å². The van der Waals surface area contributed by atoms with Crippen molar-refractivity contribution in [3.8, 4) is 22.8 Å². The highest BCUT2D eigenvalue weighted by Gasteiger charge is 2.19. The van der Waals surface area contributed by atoms with Gasteiger partial charge in [0.2, 0.25) is 0 Å². The molecule has 2 aromatic heterocycles. The molecule has 1 aliphatic rings. The van der Waals surface area contributed by atoms with Crippen LogP contribution in [0.2, 0.25) is 0 Å². The minimum absolute atomic E-state index is 0.557. The van der Waals surface area contributed by atoms with Gasteiger partial charge in [0.05, 0.1) is 24.9 Å². The fourth-order valence-corrected chi connectivity index (χ4v) is 4.26. The third-order valence-corrected chi connectivity index (χ3v) is 6.42. The summed E-state index contributed by atoms with van der Waals surface area (Å²) in [5.74, 6) is 3.27. The maximum atomic E-state index is 6.19. The van der Waals surface area contributed by atoms with E-state index in [0.29, 0.717) is 35.7 Å². The summed E-state index contributed by atoms with van der Waals surface area (Å²) in [6.45, 7) is 4.98. The van der Waals surface area contributed by atoms with Gasteiger partial charge >= 0.3 is 0 Å². The summed E-state index contributed by atoms with van der Waals surface area (Å²) in [6.07, 6.45) is 3.85. The molecule has 0 unspecified atom stereocenters. The molecule has 1 fully saturated rings. The number of piperidine rings is 1. The summed E-state index contributed by atoms with van der Waals surface area (Å²) < 4.78 is 11.8. The number of likely N-dealkylation sites (tertiary alicyclic amines) is 1. The molecule has 0 atom stereocenters. The largest absolute Gasteiger partial charge is 0.493 e. The number of H-pyrrole nitrogens is 1. The van der Waals surface area contributed by atoms with Gasteiger partial charge in [-0.1, -0.05) is 29.8 Å². The minimum Gasteiger partial charge on any atom is -0.493 e. The maximum Gasteiger partial charge on any atom is 0.163 e. The van der Waals surface area contributed by atoms with E-state index in [-0.39, 0.29) is 0 Å². The molecule has 2 N–H and O–H groups in total. The molecule has 1 aliphatic heterocycles. The minimum atomic E-state index is 0.557. The van der Waals surface area contributed by atoms with Crippen molar-refractivity contribution in [1.29, 1.82) is 0 Å². The highest BCUT2D eigenvalue weighted by molar-refractivity contribution is 5.93. The molecule has 8 nitrogen and oxygen atoms in total. The molecule has 0 aliphatic carbocycles. The van der Waals surface area contributed by atoms with Crippen LogP contribution in [-0.2, 0) is 0 Å². The molecule has 176 valence electrons. The molecule has 3 heterocycles. The zero-order valence-corrected chi connectivity index (χ0v) is 19.8. The zero-order valence-electron chi connectivity index (χ0n) is 19.8. The average Bonchev–Trinajstić information content (AvgIpc) is 3.32. The highest BCUT2D eigenvalue weighted by Crippen LogP contribution is 2.35. The Morgan fingerprint density at radius 3 is 2.62 bits per heavy atom. The first kappa shape index (κ1) is 22.2. The predicted octanol–water partition coefficient (Wildman–Crippen LogP) is 4.80. The molecule has 4 aromatic rings. The van der Waals surface area contributed by atoms with Crippen LogP contribution < -0.4 is 14.8 Å². The number of ether oxygens (including phenoxy) is 2. The lowest BCUT2D eigenvalue weighted by Crippen LogP contribution is -2.32. The Morgan fingerprint density at radius 1 is 1.06 bits per heavy atom. The average molecular weight is 459 g/mol. The van der Waals surface area contributed by atoms with E-state index in [1.807, 2.05) is 18.2 Å². The van der Waals surface area contributed by atoms with Gasteiger partial charge in [0.1, 0.15) is 12.1 Å². The second-order valence-electron chi connectivity index (χ2n) is 8.96. The smallest absolute Gasteiger partial charge is 0.163 e. The third kappa shape index (κ3) is 4.82. The van der Waals surface area contributed by atoms with Gasteiger partial charge in [-0.15, -0.1) is 0 Å². The third-order valence-electron chi connectivity index (χ3n) is 6.42. The summed E-state index contributed by atoms with van der Waals surface area (Å²) in [5, 5.41) is 11.6. The van der Waals surface area contributed by atoms with Gasteiger partial charge in [0, 0.05) is 17.5 Å². The van der Waals surface area contributed by atoms with Crippen LogP contribution in [0, 0.1) is 12.8 Å². The first-order chi connectivity index (χ1) is 16.6. The van der Waals surface area contributed by atoms with E-state index in [2.05, 4.69) is 68.6 Å². The summed E-state index contributed by atoms with van der Waals surface area (Å²) in [4.78, 5) is 11.3. The number of anilines is 2. The van der Waals surface area contributed by atoms with Gasteiger partial charge in [0.25, 0.3) is 0 Å². The second-order valence-corrected chi connectivity index (χ2v) is 8.96. The number of benzene rings is 2. The van der Waals surface area contributed by atoms with Crippen molar-refractivity contribution in [2.45, 2.75) is 19.8 Å². The van der Waals surface area contributed by atoms with Crippen molar-refractivity contribution in [3.63, 3.8) is 0 Å². The number of nitrogens with zero attached hydrogens (tertiary/aromatic N) is 4. The number of nitrogens with one attached hydrogen (secondary N) is 2. The highest BCUT2D eigenvalue weighted by atomic mass is 16.5. The monoisotopic (exact) mass is 458 g/mol. The lowest BCUT2D eigenvalue weighted by Gasteiger charge is -2.28. The first-order valence-electron chi connectivity index (χ1n) is 11.6. The number of aromatic amines is 1. The quantitative estimate of drug-likeness (QED) is 0.411. The molecule has 0 bridgehead atoms. The molecule has 1 saturated heterocycles. The van der Waals surface area contributed by atoms with Gasteiger partial charge in [-0.2, -0.15) is 5.10 Å². The predicted molar refractivity (Wildman–Crippen MR) is 134 cm³/mol. The van der Waals surface area contributed by atoms with Crippen molar-refractivity contribution in [2.75, 3.05) is 39.2 Å². The SMILES string of the molecule is COc1cc2c(Nc3cc(-c4ccc(C)cc4)[nH]n3)ncnc2cc1OCC1CCN(C)CC1. The molecule has 2 aromatic carbocycles. The van der Waals surface area contributed by atoms with E-state index in [0.717, 1.165) is 48.1 Å². The Labute approximate surface area is 199 Å². The number of rotatable bonds is 7. The molecular weight excluding hydrogens is 428 g/mol. The molecule has 8 heteroatoms. The van der Waals surface area contributed by atoms with E-state index >= 15 is 0 Å². The van der Waals surface area contributed by atoms with Crippen molar-refractivity contribution >= 4 is 22.5 Å². The van der Waals surface area contributed by atoms with Crippen LogP contribution >= 0.6 is 0 Å². The Bertz CT molecular complexity index is 1260. The summed E-state index contributed by atoms with van der Waals surface area (Å²) in [7, 11) is 3.82. The fraction of sp³-hybridized carbons (Fsp3) is 0.346. The fourth-order valence-electron chi connectivity index (χ4n) is 4.26. The van der Waals surface area contributed by atoms with Crippen LogP contribution in [0.1, 0.15) is 18.4 Å². The van der Waals surface area contributed by atoms with Gasteiger partial charge < -0.3 is 19.7 Å². The Hall–Kier alpha value is -3.65. The number of fused-ring (bicyclic) bond motifs is 1. The first-order valence-corrected chi connectivity index (χ1v) is 11.6. The Kier molecular flexibility index (Phi) is 6.31. The maximum absolute atomic E-state index is 6.19. The number of hydrogen-bond donors (Lipinski definition) is 2. The second kappa shape index (κ2) is 9.69.